The lowest BCUT2D eigenvalue weighted by molar-refractivity contribution is 0.0583. The molecule has 1 aromatic rings. The molecule has 1 fully saturated rings. The minimum Gasteiger partial charge on any atom is -0.381 e. The van der Waals surface area contributed by atoms with Gasteiger partial charge in [0.15, 0.2) is 0 Å². The first-order valence-corrected chi connectivity index (χ1v) is 5.90. The van der Waals surface area contributed by atoms with Crippen molar-refractivity contribution in [2.75, 3.05) is 13.2 Å². The number of aryl methyl sites for hydroxylation is 1. The lowest BCUT2D eigenvalue weighted by Gasteiger charge is -2.26. The highest BCUT2D eigenvalue weighted by Crippen LogP contribution is 2.29. The van der Waals surface area contributed by atoms with Gasteiger partial charge in [-0.2, -0.15) is 0 Å². The normalized spacial score (nSPS) is 21.0. The van der Waals surface area contributed by atoms with Gasteiger partial charge in [-0.1, -0.05) is 0 Å². The quantitative estimate of drug-likeness (QED) is 0.814. The third-order valence-corrected chi connectivity index (χ3v) is 3.76. The van der Waals surface area contributed by atoms with Crippen LogP contribution in [0, 0.1) is 12.8 Å². The number of rotatable bonds is 2. The molecule has 1 unspecified atom stereocenters. The molecule has 1 aliphatic rings. The summed E-state index contributed by atoms with van der Waals surface area (Å²) in [5.74, 6) is 0.550. The van der Waals surface area contributed by atoms with Gasteiger partial charge in [0, 0.05) is 24.3 Å². The molecule has 0 saturated carbocycles. The second-order valence-corrected chi connectivity index (χ2v) is 4.69. The van der Waals surface area contributed by atoms with Gasteiger partial charge in [-0.05, 0) is 25.7 Å². The highest BCUT2D eigenvalue weighted by atomic mass is 32.1. The lowest BCUT2D eigenvalue weighted by Crippen LogP contribution is -2.27. The summed E-state index contributed by atoms with van der Waals surface area (Å²) in [7, 11) is 0. The van der Waals surface area contributed by atoms with E-state index in [1.54, 1.807) is 11.3 Å². The number of ether oxygens (including phenoxy) is 1. The standard InChI is InChI=1S/C10H16N2OS/c1-7-6-14-10(12-7)9(11)8-2-4-13-5-3-8/h6,8-9H,2-5,11H2,1H3. The Morgan fingerprint density at radius 1 is 1.57 bits per heavy atom. The van der Waals surface area contributed by atoms with Crippen LogP contribution in [0.3, 0.4) is 0 Å². The van der Waals surface area contributed by atoms with Crippen molar-refractivity contribution in [3.8, 4) is 0 Å². The SMILES string of the molecule is Cc1csc(C(N)C2CCOCC2)n1. The fraction of sp³-hybridized carbons (Fsp3) is 0.700. The number of aromatic nitrogens is 1. The van der Waals surface area contributed by atoms with Crippen LogP contribution in [0.2, 0.25) is 0 Å². The van der Waals surface area contributed by atoms with Gasteiger partial charge in [0.2, 0.25) is 0 Å². The van der Waals surface area contributed by atoms with Gasteiger partial charge >= 0.3 is 0 Å². The van der Waals surface area contributed by atoms with E-state index in [0.29, 0.717) is 5.92 Å². The molecule has 0 radical (unpaired) electrons. The zero-order chi connectivity index (χ0) is 9.97. The molecule has 2 rings (SSSR count). The molecule has 0 aromatic carbocycles. The maximum atomic E-state index is 6.18. The highest BCUT2D eigenvalue weighted by Gasteiger charge is 2.24. The Morgan fingerprint density at radius 2 is 2.29 bits per heavy atom. The van der Waals surface area contributed by atoms with E-state index in [1.165, 1.54) is 0 Å². The van der Waals surface area contributed by atoms with E-state index in [2.05, 4.69) is 10.4 Å². The maximum Gasteiger partial charge on any atom is 0.110 e. The summed E-state index contributed by atoms with van der Waals surface area (Å²) in [5, 5.41) is 3.14. The summed E-state index contributed by atoms with van der Waals surface area (Å²) in [6, 6.07) is 0.109. The zero-order valence-electron chi connectivity index (χ0n) is 8.40. The first-order valence-electron chi connectivity index (χ1n) is 5.02. The number of thiazole rings is 1. The van der Waals surface area contributed by atoms with Gasteiger partial charge < -0.3 is 10.5 Å². The van der Waals surface area contributed by atoms with E-state index in [-0.39, 0.29) is 6.04 Å². The van der Waals surface area contributed by atoms with Crippen molar-refractivity contribution in [1.29, 1.82) is 0 Å². The van der Waals surface area contributed by atoms with Crippen molar-refractivity contribution in [2.24, 2.45) is 11.7 Å². The minimum absolute atomic E-state index is 0.109. The number of nitrogens with two attached hydrogens (primary N) is 1. The predicted octanol–water partition coefficient (Wildman–Crippen LogP) is 1.88. The smallest absolute Gasteiger partial charge is 0.110 e. The average molecular weight is 212 g/mol. The summed E-state index contributed by atoms with van der Waals surface area (Å²) in [5.41, 5.74) is 7.25. The van der Waals surface area contributed by atoms with Crippen LogP contribution >= 0.6 is 11.3 Å². The molecule has 14 heavy (non-hydrogen) atoms. The van der Waals surface area contributed by atoms with Crippen LogP contribution in [0.1, 0.15) is 29.6 Å². The Kier molecular flexibility index (Phi) is 3.15. The summed E-state index contributed by atoms with van der Waals surface area (Å²) in [4.78, 5) is 4.44. The molecule has 78 valence electrons. The van der Waals surface area contributed by atoms with E-state index in [1.807, 2.05) is 6.92 Å². The fourth-order valence-electron chi connectivity index (χ4n) is 1.80. The Labute approximate surface area is 88.3 Å². The summed E-state index contributed by atoms with van der Waals surface area (Å²) in [6.45, 7) is 3.71. The molecule has 4 heteroatoms. The third-order valence-electron chi connectivity index (χ3n) is 2.70. The van der Waals surface area contributed by atoms with Crippen LogP contribution in [-0.2, 0) is 4.74 Å². The molecule has 1 aromatic heterocycles. The molecule has 3 nitrogen and oxygen atoms in total. The second-order valence-electron chi connectivity index (χ2n) is 3.80. The lowest BCUT2D eigenvalue weighted by atomic mass is 9.93. The van der Waals surface area contributed by atoms with E-state index < -0.39 is 0 Å². The van der Waals surface area contributed by atoms with E-state index in [9.17, 15) is 0 Å². The number of hydrogen-bond acceptors (Lipinski definition) is 4. The molecule has 0 aliphatic carbocycles. The molecule has 1 saturated heterocycles. The Balaban J connectivity index is 2.03. The Bertz CT molecular complexity index is 294. The maximum absolute atomic E-state index is 6.18. The molecule has 2 N–H and O–H groups in total. The zero-order valence-corrected chi connectivity index (χ0v) is 9.22. The van der Waals surface area contributed by atoms with E-state index >= 15 is 0 Å². The van der Waals surface area contributed by atoms with Crippen LogP contribution < -0.4 is 5.73 Å². The van der Waals surface area contributed by atoms with E-state index in [4.69, 9.17) is 10.5 Å². The molecular formula is C10H16N2OS. The van der Waals surface area contributed by atoms with Gasteiger partial charge in [-0.25, -0.2) is 4.98 Å². The van der Waals surface area contributed by atoms with Crippen LogP contribution in [0.4, 0.5) is 0 Å². The molecular weight excluding hydrogens is 196 g/mol. The van der Waals surface area contributed by atoms with Gasteiger partial charge in [-0.15, -0.1) is 11.3 Å². The topological polar surface area (TPSA) is 48.1 Å². The van der Waals surface area contributed by atoms with Gasteiger partial charge in [0.05, 0.1) is 6.04 Å². The van der Waals surface area contributed by atoms with Crippen LogP contribution in [0.5, 0.6) is 0 Å². The predicted molar refractivity (Wildman–Crippen MR) is 57.3 cm³/mol. The minimum atomic E-state index is 0.109. The van der Waals surface area contributed by atoms with Crippen molar-refractivity contribution in [3.63, 3.8) is 0 Å². The molecule has 1 atom stereocenters. The van der Waals surface area contributed by atoms with Gasteiger partial charge in [0.25, 0.3) is 0 Å². The summed E-state index contributed by atoms with van der Waals surface area (Å²) >= 11 is 1.67. The third kappa shape index (κ3) is 2.13. The van der Waals surface area contributed by atoms with Crippen molar-refractivity contribution < 1.29 is 4.74 Å². The molecule has 0 bridgehead atoms. The van der Waals surface area contributed by atoms with Crippen LogP contribution in [0.25, 0.3) is 0 Å². The van der Waals surface area contributed by atoms with Crippen LogP contribution in [0.15, 0.2) is 5.38 Å². The van der Waals surface area contributed by atoms with Crippen molar-refractivity contribution in [2.45, 2.75) is 25.8 Å². The van der Waals surface area contributed by atoms with Crippen molar-refractivity contribution >= 4 is 11.3 Å². The number of hydrogen-bond donors (Lipinski definition) is 1. The average Bonchev–Trinajstić information content (AvgIpc) is 2.65. The molecule has 0 spiro atoms. The monoisotopic (exact) mass is 212 g/mol. The van der Waals surface area contributed by atoms with Gasteiger partial charge in [-0.3, -0.25) is 0 Å². The fourth-order valence-corrected chi connectivity index (χ4v) is 2.69. The molecule has 2 heterocycles. The van der Waals surface area contributed by atoms with Crippen molar-refractivity contribution in [3.05, 3.63) is 16.1 Å². The second kappa shape index (κ2) is 4.38. The van der Waals surface area contributed by atoms with E-state index in [0.717, 1.165) is 36.8 Å². The largest absolute Gasteiger partial charge is 0.381 e. The highest BCUT2D eigenvalue weighted by molar-refractivity contribution is 7.09. The number of nitrogens with zero attached hydrogens (tertiary/aromatic N) is 1. The Hall–Kier alpha value is -0.450. The first-order chi connectivity index (χ1) is 6.77. The van der Waals surface area contributed by atoms with Crippen molar-refractivity contribution in [1.82, 2.24) is 4.98 Å². The Morgan fingerprint density at radius 3 is 2.86 bits per heavy atom. The van der Waals surface area contributed by atoms with Crippen LogP contribution in [-0.4, -0.2) is 18.2 Å². The molecule has 0 amide bonds. The summed E-state index contributed by atoms with van der Waals surface area (Å²) < 4.78 is 5.32. The van der Waals surface area contributed by atoms with Gasteiger partial charge in [0.1, 0.15) is 5.01 Å². The first kappa shape index (κ1) is 10.1. The molecule has 1 aliphatic heterocycles. The summed E-state index contributed by atoms with van der Waals surface area (Å²) in [6.07, 6.45) is 2.14.